The Morgan fingerprint density at radius 1 is 1.14 bits per heavy atom. The highest BCUT2D eigenvalue weighted by atomic mass is 32.2. The highest BCUT2D eigenvalue weighted by molar-refractivity contribution is 7.89. The maximum absolute atomic E-state index is 12.9. The molecule has 2 heterocycles. The van der Waals surface area contributed by atoms with Crippen molar-refractivity contribution in [3.05, 3.63) is 66.0 Å². The zero-order chi connectivity index (χ0) is 25.1. The summed E-state index contributed by atoms with van der Waals surface area (Å²) < 4.78 is 28.2. The number of fused-ring (bicyclic) bond motifs is 1. The van der Waals surface area contributed by atoms with Crippen molar-refractivity contribution in [2.75, 3.05) is 25.0 Å². The molecule has 2 aliphatic rings. The minimum Gasteiger partial charge on any atom is -0.326 e. The number of rotatable bonds is 9. The molecule has 2 unspecified atom stereocenters. The molecule has 0 radical (unpaired) electrons. The van der Waals surface area contributed by atoms with Gasteiger partial charge in [-0.1, -0.05) is 31.5 Å². The van der Waals surface area contributed by atoms with Gasteiger partial charge in [0.1, 0.15) is 0 Å². The van der Waals surface area contributed by atoms with Gasteiger partial charge in [0.2, 0.25) is 15.9 Å². The maximum atomic E-state index is 12.9. The fraction of sp³-hybridized carbons (Fsp3) is 0.429. The SMILES string of the molecule is CCCc1cncc2ccc(NC(=O)[C@@H]3CC3c3ccc(S(=O)(=O)NCC4CCCNC4)cc3)cc12. The quantitative estimate of drug-likeness (QED) is 0.404. The second kappa shape index (κ2) is 10.7. The Labute approximate surface area is 213 Å². The van der Waals surface area contributed by atoms with Crippen molar-refractivity contribution in [2.24, 2.45) is 11.8 Å². The third kappa shape index (κ3) is 5.61. The number of amides is 1. The van der Waals surface area contributed by atoms with Gasteiger partial charge in [-0.2, -0.15) is 0 Å². The molecular weight excluding hydrogens is 472 g/mol. The summed E-state index contributed by atoms with van der Waals surface area (Å²) in [5, 5.41) is 8.59. The molecule has 1 saturated heterocycles. The number of benzene rings is 2. The number of aryl methyl sites for hydroxylation is 1. The van der Waals surface area contributed by atoms with Crippen LogP contribution in [0.25, 0.3) is 10.8 Å². The van der Waals surface area contributed by atoms with E-state index in [4.69, 9.17) is 0 Å². The lowest BCUT2D eigenvalue weighted by atomic mass is 10.0. The first-order valence-corrected chi connectivity index (χ1v) is 14.4. The molecule has 2 fully saturated rings. The normalized spacial score (nSPS) is 21.9. The number of carbonyl (C=O) groups is 1. The number of hydrogen-bond donors (Lipinski definition) is 3. The monoisotopic (exact) mass is 506 g/mol. The van der Waals surface area contributed by atoms with E-state index in [2.05, 4.69) is 27.3 Å². The largest absolute Gasteiger partial charge is 0.326 e. The van der Waals surface area contributed by atoms with E-state index in [1.807, 2.05) is 42.7 Å². The Balaban J connectivity index is 1.19. The van der Waals surface area contributed by atoms with Gasteiger partial charge < -0.3 is 10.6 Å². The third-order valence-corrected chi connectivity index (χ3v) is 8.78. The van der Waals surface area contributed by atoms with Crippen LogP contribution in [0.4, 0.5) is 5.69 Å². The van der Waals surface area contributed by atoms with Gasteiger partial charge in [-0.05, 0) is 91.4 Å². The lowest BCUT2D eigenvalue weighted by Gasteiger charge is -2.22. The van der Waals surface area contributed by atoms with Crippen molar-refractivity contribution in [1.29, 1.82) is 0 Å². The summed E-state index contributed by atoms with van der Waals surface area (Å²) in [6.45, 7) is 4.45. The molecule has 8 heteroatoms. The molecule has 1 amide bonds. The molecule has 1 aromatic heterocycles. The van der Waals surface area contributed by atoms with Crippen LogP contribution >= 0.6 is 0 Å². The summed E-state index contributed by atoms with van der Waals surface area (Å²) >= 11 is 0. The number of anilines is 1. The van der Waals surface area contributed by atoms with Crippen molar-refractivity contribution in [1.82, 2.24) is 15.0 Å². The average molecular weight is 507 g/mol. The first-order valence-electron chi connectivity index (χ1n) is 12.9. The van der Waals surface area contributed by atoms with Gasteiger partial charge >= 0.3 is 0 Å². The Kier molecular flexibility index (Phi) is 7.37. The van der Waals surface area contributed by atoms with Crippen LogP contribution in [0, 0.1) is 11.8 Å². The van der Waals surface area contributed by atoms with E-state index < -0.39 is 10.0 Å². The van der Waals surface area contributed by atoms with E-state index in [-0.39, 0.29) is 22.6 Å². The average Bonchev–Trinajstić information content (AvgIpc) is 3.70. The number of piperidine rings is 1. The minimum absolute atomic E-state index is 0.00454. The second-order valence-corrected chi connectivity index (χ2v) is 11.8. The molecular formula is C28H34N4O3S. The number of carbonyl (C=O) groups excluding carboxylic acids is 1. The Hall–Kier alpha value is -2.81. The van der Waals surface area contributed by atoms with E-state index in [0.29, 0.717) is 12.5 Å². The minimum atomic E-state index is -3.54. The Bertz CT molecular complexity index is 1330. The smallest absolute Gasteiger partial charge is 0.240 e. The third-order valence-electron chi connectivity index (χ3n) is 7.34. The molecule has 0 bridgehead atoms. The summed E-state index contributed by atoms with van der Waals surface area (Å²) in [5.41, 5.74) is 2.98. The highest BCUT2D eigenvalue weighted by Crippen LogP contribution is 2.48. The molecule has 1 aliphatic heterocycles. The lowest BCUT2D eigenvalue weighted by molar-refractivity contribution is -0.117. The molecule has 7 nitrogen and oxygen atoms in total. The fourth-order valence-electron chi connectivity index (χ4n) is 5.16. The molecule has 3 atom stereocenters. The molecule has 36 heavy (non-hydrogen) atoms. The number of hydrogen-bond acceptors (Lipinski definition) is 5. The molecule has 3 aromatic rings. The number of nitrogens with zero attached hydrogens (tertiary/aromatic N) is 1. The molecule has 190 valence electrons. The van der Waals surface area contributed by atoms with Crippen molar-refractivity contribution < 1.29 is 13.2 Å². The van der Waals surface area contributed by atoms with Crippen LogP contribution in [0.5, 0.6) is 0 Å². The number of pyridine rings is 1. The highest BCUT2D eigenvalue weighted by Gasteiger charge is 2.44. The predicted octanol–water partition coefficient (Wildman–Crippen LogP) is 4.21. The van der Waals surface area contributed by atoms with E-state index in [0.717, 1.165) is 67.2 Å². The zero-order valence-corrected chi connectivity index (χ0v) is 21.5. The standard InChI is InChI=1S/C28H34N4O3S/c1-2-4-21-17-30-18-22-6-9-23(13-25(21)22)32-28(33)27-14-26(27)20-7-10-24(11-8-20)36(34,35)31-16-19-5-3-12-29-15-19/h6-11,13,17-19,26-27,29,31H,2-5,12,14-16H2,1H3,(H,32,33)/t19?,26?,27-/m1/s1. The summed E-state index contributed by atoms with van der Waals surface area (Å²) in [6.07, 6.45) is 8.63. The van der Waals surface area contributed by atoms with Gasteiger partial charge in [-0.3, -0.25) is 9.78 Å². The second-order valence-electron chi connectivity index (χ2n) is 10.1. The molecule has 1 saturated carbocycles. The van der Waals surface area contributed by atoms with Gasteiger partial charge in [-0.25, -0.2) is 13.1 Å². The van der Waals surface area contributed by atoms with Crippen molar-refractivity contribution in [3.8, 4) is 0 Å². The first kappa shape index (κ1) is 24.9. The van der Waals surface area contributed by atoms with Gasteiger partial charge in [0, 0.05) is 35.9 Å². The van der Waals surface area contributed by atoms with E-state index in [9.17, 15) is 13.2 Å². The van der Waals surface area contributed by atoms with Crippen molar-refractivity contribution in [3.63, 3.8) is 0 Å². The van der Waals surface area contributed by atoms with Gasteiger partial charge in [-0.15, -0.1) is 0 Å². The lowest BCUT2D eigenvalue weighted by Crippen LogP contribution is -2.38. The predicted molar refractivity (Wildman–Crippen MR) is 142 cm³/mol. The van der Waals surface area contributed by atoms with Crippen LogP contribution in [0.3, 0.4) is 0 Å². The molecule has 5 rings (SSSR count). The summed E-state index contributed by atoms with van der Waals surface area (Å²) in [4.78, 5) is 17.5. The van der Waals surface area contributed by atoms with Crippen molar-refractivity contribution in [2.45, 2.75) is 49.8 Å². The number of aromatic nitrogens is 1. The number of nitrogens with one attached hydrogen (secondary N) is 3. The van der Waals surface area contributed by atoms with Crippen LogP contribution in [0.2, 0.25) is 0 Å². The topological polar surface area (TPSA) is 100 Å². The van der Waals surface area contributed by atoms with Crippen LogP contribution in [0.15, 0.2) is 59.8 Å². The maximum Gasteiger partial charge on any atom is 0.240 e. The van der Waals surface area contributed by atoms with Crippen LogP contribution in [-0.4, -0.2) is 38.9 Å². The Morgan fingerprint density at radius 2 is 1.97 bits per heavy atom. The molecule has 2 aromatic carbocycles. The van der Waals surface area contributed by atoms with Crippen LogP contribution in [-0.2, 0) is 21.2 Å². The van der Waals surface area contributed by atoms with Crippen molar-refractivity contribution >= 4 is 32.4 Å². The van der Waals surface area contributed by atoms with E-state index in [1.54, 1.807) is 12.1 Å². The molecule has 1 aliphatic carbocycles. The first-order chi connectivity index (χ1) is 17.4. The van der Waals surface area contributed by atoms with Gasteiger partial charge in [0.05, 0.1) is 4.90 Å². The number of sulfonamides is 1. The van der Waals surface area contributed by atoms with Gasteiger partial charge in [0.15, 0.2) is 0 Å². The van der Waals surface area contributed by atoms with Gasteiger partial charge in [0.25, 0.3) is 0 Å². The Morgan fingerprint density at radius 3 is 2.72 bits per heavy atom. The molecule has 0 spiro atoms. The summed E-state index contributed by atoms with van der Waals surface area (Å²) in [5.74, 6) is 0.344. The molecule has 3 N–H and O–H groups in total. The van der Waals surface area contributed by atoms with Crippen LogP contribution in [0.1, 0.15) is 49.7 Å². The fourth-order valence-corrected chi connectivity index (χ4v) is 6.28. The van der Waals surface area contributed by atoms with E-state index in [1.165, 1.54) is 5.56 Å². The summed E-state index contributed by atoms with van der Waals surface area (Å²) in [6, 6.07) is 12.9. The van der Waals surface area contributed by atoms with Crippen LogP contribution < -0.4 is 15.4 Å². The zero-order valence-electron chi connectivity index (χ0n) is 20.7. The summed E-state index contributed by atoms with van der Waals surface area (Å²) in [7, 11) is -3.54. The van der Waals surface area contributed by atoms with E-state index >= 15 is 0 Å².